The first kappa shape index (κ1) is 7.85. The first-order valence-corrected chi connectivity index (χ1v) is 3.28. The van der Waals surface area contributed by atoms with E-state index in [-0.39, 0.29) is 11.3 Å². The van der Waals surface area contributed by atoms with Gasteiger partial charge in [0.05, 0.1) is 0 Å². The molecule has 1 aromatic rings. The van der Waals surface area contributed by atoms with Gasteiger partial charge in [-0.05, 0) is 13.0 Å². The summed E-state index contributed by atoms with van der Waals surface area (Å²) in [5.74, 6) is -0.737. The Hall–Kier alpha value is -1.25. The molecular formula is C8H9FNO+. The topological polar surface area (TPSA) is 20.9 Å². The molecule has 1 heterocycles. The largest absolute Gasteiger partial charge is 0.370 e. The number of hydrogen-bond donors (Lipinski definition) is 0. The molecule has 0 saturated heterocycles. The molecule has 0 amide bonds. The summed E-state index contributed by atoms with van der Waals surface area (Å²) in [6.07, 6.45) is 1.56. The molecule has 0 aliphatic carbocycles. The predicted octanol–water partition coefficient (Wildman–Crippen LogP) is 0.853. The molecule has 0 aliphatic rings. The van der Waals surface area contributed by atoms with E-state index >= 15 is 0 Å². The van der Waals surface area contributed by atoms with Crippen LogP contribution in [-0.4, -0.2) is 5.78 Å². The van der Waals surface area contributed by atoms with Crippen molar-refractivity contribution in [2.45, 2.75) is 6.92 Å². The van der Waals surface area contributed by atoms with Gasteiger partial charge in [0.1, 0.15) is 12.6 Å². The molecule has 0 radical (unpaired) electrons. The number of aryl methyl sites for hydroxylation is 1. The third-order valence-electron chi connectivity index (χ3n) is 1.48. The van der Waals surface area contributed by atoms with E-state index < -0.39 is 5.95 Å². The van der Waals surface area contributed by atoms with Crippen LogP contribution in [0.25, 0.3) is 0 Å². The first-order valence-electron chi connectivity index (χ1n) is 3.28. The maximum atomic E-state index is 13.0. The zero-order valence-electron chi connectivity index (χ0n) is 6.47. The molecule has 1 rings (SSSR count). The molecular weight excluding hydrogens is 145 g/mol. The number of ketones is 1. The summed E-state index contributed by atoms with van der Waals surface area (Å²) in [5.41, 5.74) is 0.134. The minimum absolute atomic E-state index is 0.134. The molecule has 2 nitrogen and oxygen atoms in total. The Kier molecular flexibility index (Phi) is 1.98. The van der Waals surface area contributed by atoms with E-state index in [0.29, 0.717) is 0 Å². The van der Waals surface area contributed by atoms with Crippen LogP contribution in [0.4, 0.5) is 4.39 Å². The number of carbonyl (C=O) groups excluding carboxylic acids is 1. The molecule has 0 saturated carbocycles. The molecule has 3 heteroatoms. The Bertz CT molecular complexity index is 296. The van der Waals surface area contributed by atoms with Crippen LogP contribution in [0.2, 0.25) is 0 Å². The second-order valence-electron chi connectivity index (χ2n) is 2.38. The maximum absolute atomic E-state index is 13.0. The number of halogens is 1. The van der Waals surface area contributed by atoms with Crippen LogP contribution in [-0.2, 0) is 7.05 Å². The molecule has 0 aliphatic heterocycles. The van der Waals surface area contributed by atoms with Gasteiger partial charge in [0.15, 0.2) is 12.0 Å². The number of aromatic nitrogens is 1. The van der Waals surface area contributed by atoms with Gasteiger partial charge in [-0.3, -0.25) is 4.79 Å². The van der Waals surface area contributed by atoms with E-state index in [4.69, 9.17) is 0 Å². The van der Waals surface area contributed by atoms with E-state index in [0.717, 1.165) is 0 Å². The van der Waals surface area contributed by atoms with Crippen LogP contribution in [0.5, 0.6) is 0 Å². The van der Waals surface area contributed by atoms with Crippen molar-refractivity contribution in [2.75, 3.05) is 0 Å². The monoisotopic (exact) mass is 154 g/mol. The fraction of sp³-hybridized carbons (Fsp3) is 0.250. The Labute approximate surface area is 64.3 Å². The molecule has 0 bridgehead atoms. The van der Waals surface area contributed by atoms with E-state index in [2.05, 4.69) is 0 Å². The molecule has 0 N–H and O–H groups in total. The van der Waals surface area contributed by atoms with Crippen molar-refractivity contribution in [3.63, 3.8) is 0 Å². The summed E-state index contributed by atoms with van der Waals surface area (Å²) in [6.45, 7) is 1.35. The highest BCUT2D eigenvalue weighted by Crippen LogP contribution is 2.01. The second kappa shape index (κ2) is 2.78. The first-order chi connectivity index (χ1) is 5.13. The summed E-state index contributed by atoms with van der Waals surface area (Å²) >= 11 is 0. The molecule has 1 aromatic heterocycles. The zero-order valence-corrected chi connectivity index (χ0v) is 6.47. The number of Topliss-reactive ketones (excluding diaryl/α,β-unsaturated/α-hetero) is 1. The SMILES string of the molecule is CC(=O)c1ccc[n+](C)c1F. The maximum Gasteiger partial charge on any atom is 0.370 e. The summed E-state index contributed by atoms with van der Waals surface area (Å²) in [6, 6.07) is 3.11. The molecule has 0 spiro atoms. The van der Waals surface area contributed by atoms with Crippen molar-refractivity contribution in [2.24, 2.45) is 7.05 Å². The van der Waals surface area contributed by atoms with Gasteiger partial charge in [-0.15, -0.1) is 4.39 Å². The summed E-state index contributed by atoms with van der Waals surface area (Å²) in [4.78, 5) is 10.8. The fourth-order valence-electron chi connectivity index (χ4n) is 0.855. The number of hydrogen-bond acceptors (Lipinski definition) is 1. The smallest absolute Gasteiger partial charge is 0.294 e. The summed E-state index contributed by atoms with van der Waals surface area (Å²) in [7, 11) is 1.56. The standard InChI is InChI=1S/C8H9FNO/c1-6(11)7-4-3-5-10(2)8(7)9/h3-5H,1-2H3/q+1. The Morgan fingerprint density at radius 1 is 1.64 bits per heavy atom. The van der Waals surface area contributed by atoms with Gasteiger partial charge in [-0.25, -0.2) is 0 Å². The number of carbonyl (C=O) groups is 1. The van der Waals surface area contributed by atoms with Gasteiger partial charge in [0, 0.05) is 6.07 Å². The van der Waals surface area contributed by atoms with Crippen molar-refractivity contribution in [1.29, 1.82) is 0 Å². The predicted molar refractivity (Wildman–Crippen MR) is 37.6 cm³/mol. The van der Waals surface area contributed by atoms with Crippen LogP contribution in [0, 0.1) is 5.95 Å². The highest BCUT2D eigenvalue weighted by atomic mass is 19.1. The lowest BCUT2D eigenvalue weighted by molar-refractivity contribution is -0.700. The molecule has 11 heavy (non-hydrogen) atoms. The van der Waals surface area contributed by atoms with Crippen LogP contribution in [0.15, 0.2) is 18.3 Å². The van der Waals surface area contributed by atoms with Gasteiger partial charge in [-0.1, -0.05) is 0 Å². The van der Waals surface area contributed by atoms with Crippen LogP contribution in [0.1, 0.15) is 17.3 Å². The molecule has 0 aromatic carbocycles. The fourth-order valence-corrected chi connectivity index (χ4v) is 0.855. The minimum Gasteiger partial charge on any atom is -0.294 e. The van der Waals surface area contributed by atoms with Gasteiger partial charge >= 0.3 is 5.95 Å². The number of rotatable bonds is 1. The summed E-state index contributed by atoms with van der Waals surface area (Å²) in [5, 5.41) is 0. The van der Waals surface area contributed by atoms with Crippen molar-refractivity contribution >= 4 is 5.78 Å². The lowest BCUT2D eigenvalue weighted by Crippen LogP contribution is -2.34. The summed E-state index contributed by atoms with van der Waals surface area (Å²) < 4.78 is 14.3. The third kappa shape index (κ3) is 1.42. The quantitative estimate of drug-likeness (QED) is 0.334. The minimum atomic E-state index is -0.486. The lowest BCUT2D eigenvalue weighted by Gasteiger charge is -1.93. The van der Waals surface area contributed by atoms with Gasteiger partial charge in [0.2, 0.25) is 0 Å². The molecule has 0 atom stereocenters. The van der Waals surface area contributed by atoms with Crippen molar-refractivity contribution in [1.82, 2.24) is 0 Å². The normalized spacial score (nSPS) is 9.73. The van der Waals surface area contributed by atoms with Gasteiger partial charge in [0.25, 0.3) is 0 Å². The molecule has 58 valence electrons. The zero-order chi connectivity index (χ0) is 8.43. The van der Waals surface area contributed by atoms with E-state index in [9.17, 15) is 9.18 Å². The number of nitrogens with zero attached hydrogens (tertiary/aromatic N) is 1. The van der Waals surface area contributed by atoms with Crippen LogP contribution in [0.3, 0.4) is 0 Å². The molecule has 0 fully saturated rings. The number of pyridine rings is 1. The Morgan fingerprint density at radius 2 is 2.27 bits per heavy atom. The van der Waals surface area contributed by atoms with Crippen LogP contribution < -0.4 is 4.57 Å². The van der Waals surface area contributed by atoms with E-state index in [1.165, 1.54) is 17.6 Å². The van der Waals surface area contributed by atoms with Crippen molar-refractivity contribution in [3.05, 3.63) is 29.8 Å². The van der Waals surface area contributed by atoms with E-state index in [1.54, 1.807) is 19.3 Å². The highest BCUT2D eigenvalue weighted by molar-refractivity contribution is 5.93. The van der Waals surface area contributed by atoms with Crippen LogP contribution >= 0.6 is 0 Å². The lowest BCUT2D eigenvalue weighted by atomic mass is 10.2. The van der Waals surface area contributed by atoms with Gasteiger partial charge in [-0.2, -0.15) is 4.57 Å². The average molecular weight is 154 g/mol. The van der Waals surface area contributed by atoms with Crippen molar-refractivity contribution in [3.8, 4) is 0 Å². The van der Waals surface area contributed by atoms with Crippen molar-refractivity contribution < 1.29 is 13.8 Å². The second-order valence-corrected chi connectivity index (χ2v) is 2.38. The highest BCUT2D eigenvalue weighted by Gasteiger charge is 2.14. The molecule has 0 unspecified atom stereocenters. The van der Waals surface area contributed by atoms with Gasteiger partial charge < -0.3 is 0 Å². The Morgan fingerprint density at radius 3 is 2.73 bits per heavy atom. The average Bonchev–Trinajstić information content (AvgIpc) is 1.94. The third-order valence-corrected chi connectivity index (χ3v) is 1.48. The Balaban J connectivity index is 3.27. The van der Waals surface area contributed by atoms with E-state index in [1.807, 2.05) is 0 Å².